The summed E-state index contributed by atoms with van der Waals surface area (Å²) in [4.78, 5) is 14.2. The molecular weight excluding hydrogens is 298 g/mol. The van der Waals surface area contributed by atoms with Crippen LogP contribution in [0.1, 0.15) is 40.5 Å². The molecule has 0 saturated carbocycles. The van der Waals surface area contributed by atoms with E-state index in [1.165, 1.54) is 5.56 Å². The minimum atomic E-state index is 0.151. The number of carbonyl (C=O) groups excluding carboxylic acids is 1. The summed E-state index contributed by atoms with van der Waals surface area (Å²) in [5, 5.41) is 7.78. The van der Waals surface area contributed by atoms with Crippen molar-refractivity contribution in [2.75, 3.05) is 13.1 Å². The van der Waals surface area contributed by atoms with Gasteiger partial charge >= 0.3 is 0 Å². The monoisotopic (exact) mass is 317 g/mol. The van der Waals surface area contributed by atoms with Gasteiger partial charge in [-0.2, -0.15) is 0 Å². The fraction of sp³-hybridized carbons (Fsp3) is 0.438. The van der Waals surface area contributed by atoms with Gasteiger partial charge in [-0.3, -0.25) is 4.79 Å². The average molecular weight is 317 g/mol. The molecule has 0 spiro atoms. The molecule has 1 aliphatic rings. The molecule has 0 atom stereocenters. The van der Waals surface area contributed by atoms with Crippen LogP contribution >= 0.6 is 11.8 Å². The molecule has 116 valence electrons. The Morgan fingerprint density at radius 2 is 1.91 bits per heavy atom. The molecule has 2 heterocycles. The van der Waals surface area contributed by atoms with Gasteiger partial charge < -0.3 is 9.32 Å². The van der Waals surface area contributed by atoms with E-state index in [4.69, 9.17) is 4.42 Å². The Hall–Kier alpha value is -1.82. The van der Waals surface area contributed by atoms with Gasteiger partial charge in [0.2, 0.25) is 11.8 Å². The average Bonchev–Trinajstić information content (AvgIpc) is 3.19. The lowest BCUT2D eigenvalue weighted by molar-refractivity contribution is 0.0793. The van der Waals surface area contributed by atoms with E-state index in [2.05, 4.69) is 10.2 Å². The molecule has 0 unspecified atom stereocenters. The number of nitrogens with zero attached hydrogens (tertiary/aromatic N) is 3. The Labute approximate surface area is 134 Å². The molecule has 1 aromatic heterocycles. The van der Waals surface area contributed by atoms with Crippen molar-refractivity contribution < 1.29 is 9.21 Å². The number of carbonyl (C=O) groups is 1. The highest BCUT2D eigenvalue weighted by atomic mass is 32.2. The van der Waals surface area contributed by atoms with Crippen molar-refractivity contribution in [1.82, 2.24) is 15.1 Å². The standard InChI is InChI=1S/C16H19N3O2S/c1-12-17-18-15(21-12)11-22-10-13-4-6-14(7-5-13)16(20)19-8-2-3-9-19/h4-7H,2-3,8-11H2,1H3. The fourth-order valence-electron chi connectivity index (χ4n) is 2.50. The minimum absolute atomic E-state index is 0.151. The van der Waals surface area contributed by atoms with Crippen molar-refractivity contribution in [3.8, 4) is 0 Å². The number of thioether (sulfide) groups is 1. The first-order chi connectivity index (χ1) is 10.7. The molecule has 2 aromatic rings. The Bertz CT molecular complexity index is 633. The number of amides is 1. The van der Waals surface area contributed by atoms with Crippen molar-refractivity contribution in [2.24, 2.45) is 0 Å². The van der Waals surface area contributed by atoms with Crippen LogP contribution in [0.4, 0.5) is 0 Å². The first kappa shape index (κ1) is 15.1. The Morgan fingerprint density at radius 3 is 2.55 bits per heavy atom. The van der Waals surface area contributed by atoms with Crippen LogP contribution in [-0.4, -0.2) is 34.1 Å². The predicted molar refractivity (Wildman–Crippen MR) is 85.6 cm³/mol. The van der Waals surface area contributed by atoms with Crippen LogP contribution in [0.3, 0.4) is 0 Å². The highest BCUT2D eigenvalue weighted by Gasteiger charge is 2.19. The zero-order chi connectivity index (χ0) is 15.4. The Kier molecular flexibility index (Phi) is 4.77. The Balaban J connectivity index is 1.51. The summed E-state index contributed by atoms with van der Waals surface area (Å²) in [6, 6.07) is 7.89. The van der Waals surface area contributed by atoms with E-state index in [1.807, 2.05) is 29.2 Å². The number of aromatic nitrogens is 2. The van der Waals surface area contributed by atoms with E-state index in [0.717, 1.165) is 37.2 Å². The van der Waals surface area contributed by atoms with E-state index in [9.17, 15) is 4.79 Å². The summed E-state index contributed by atoms with van der Waals surface area (Å²) in [7, 11) is 0. The molecule has 3 rings (SSSR count). The highest BCUT2D eigenvalue weighted by molar-refractivity contribution is 7.97. The van der Waals surface area contributed by atoms with Crippen LogP contribution in [0, 0.1) is 6.92 Å². The SMILES string of the molecule is Cc1nnc(CSCc2ccc(C(=O)N3CCCC3)cc2)o1. The lowest BCUT2D eigenvalue weighted by Crippen LogP contribution is -2.27. The maximum absolute atomic E-state index is 12.3. The quantitative estimate of drug-likeness (QED) is 0.848. The Morgan fingerprint density at radius 1 is 1.18 bits per heavy atom. The van der Waals surface area contributed by atoms with Crippen LogP contribution in [0.2, 0.25) is 0 Å². The van der Waals surface area contributed by atoms with E-state index in [0.29, 0.717) is 17.5 Å². The van der Waals surface area contributed by atoms with Gasteiger partial charge in [-0.1, -0.05) is 12.1 Å². The topological polar surface area (TPSA) is 59.2 Å². The van der Waals surface area contributed by atoms with E-state index in [-0.39, 0.29) is 5.91 Å². The number of benzene rings is 1. The molecule has 1 amide bonds. The third kappa shape index (κ3) is 3.68. The summed E-state index contributed by atoms with van der Waals surface area (Å²) < 4.78 is 5.34. The second-order valence-electron chi connectivity index (χ2n) is 5.40. The molecule has 6 heteroatoms. The predicted octanol–water partition coefficient (Wildman–Crippen LogP) is 3.05. The van der Waals surface area contributed by atoms with Gasteiger partial charge in [0, 0.05) is 31.3 Å². The van der Waals surface area contributed by atoms with Gasteiger partial charge in [-0.05, 0) is 30.5 Å². The van der Waals surface area contributed by atoms with Crippen LogP contribution < -0.4 is 0 Å². The third-order valence-electron chi connectivity index (χ3n) is 3.66. The number of rotatable bonds is 5. The zero-order valence-electron chi connectivity index (χ0n) is 12.6. The summed E-state index contributed by atoms with van der Waals surface area (Å²) in [5.74, 6) is 2.97. The molecule has 1 aliphatic heterocycles. The van der Waals surface area contributed by atoms with E-state index in [1.54, 1.807) is 18.7 Å². The van der Waals surface area contributed by atoms with Crippen molar-refractivity contribution in [2.45, 2.75) is 31.3 Å². The van der Waals surface area contributed by atoms with Crippen LogP contribution in [0.25, 0.3) is 0 Å². The fourth-order valence-corrected chi connectivity index (χ4v) is 3.32. The van der Waals surface area contributed by atoms with Gasteiger partial charge in [0.05, 0.1) is 5.75 Å². The van der Waals surface area contributed by atoms with Gasteiger partial charge in [0.15, 0.2) is 0 Å². The number of aryl methyl sites for hydroxylation is 1. The smallest absolute Gasteiger partial charge is 0.253 e. The van der Waals surface area contributed by atoms with Crippen molar-refractivity contribution in [1.29, 1.82) is 0 Å². The molecule has 1 aromatic carbocycles. The molecular formula is C16H19N3O2S. The molecule has 0 radical (unpaired) electrons. The van der Waals surface area contributed by atoms with Gasteiger partial charge in [0.25, 0.3) is 5.91 Å². The maximum Gasteiger partial charge on any atom is 0.253 e. The third-order valence-corrected chi connectivity index (χ3v) is 4.64. The van der Waals surface area contributed by atoms with Gasteiger partial charge in [-0.15, -0.1) is 22.0 Å². The van der Waals surface area contributed by atoms with Crippen LogP contribution in [-0.2, 0) is 11.5 Å². The lowest BCUT2D eigenvalue weighted by atomic mass is 10.1. The number of hydrogen-bond donors (Lipinski definition) is 0. The maximum atomic E-state index is 12.3. The first-order valence-corrected chi connectivity index (χ1v) is 8.63. The summed E-state index contributed by atoms with van der Waals surface area (Å²) in [6.45, 7) is 3.57. The van der Waals surface area contributed by atoms with Crippen molar-refractivity contribution in [3.05, 3.63) is 47.2 Å². The summed E-state index contributed by atoms with van der Waals surface area (Å²) >= 11 is 1.72. The molecule has 1 saturated heterocycles. The first-order valence-electron chi connectivity index (χ1n) is 7.47. The number of hydrogen-bond acceptors (Lipinski definition) is 5. The van der Waals surface area contributed by atoms with E-state index < -0.39 is 0 Å². The minimum Gasteiger partial charge on any atom is -0.425 e. The molecule has 1 fully saturated rings. The summed E-state index contributed by atoms with van der Waals surface area (Å²) in [5.41, 5.74) is 1.97. The molecule has 22 heavy (non-hydrogen) atoms. The molecule has 0 N–H and O–H groups in total. The zero-order valence-corrected chi connectivity index (χ0v) is 13.4. The van der Waals surface area contributed by atoms with Crippen molar-refractivity contribution in [3.63, 3.8) is 0 Å². The largest absolute Gasteiger partial charge is 0.425 e. The van der Waals surface area contributed by atoms with Crippen molar-refractivity contribution >= 4 is 17.7 Å². The van der Waals surface area contributed by atoms with Crippen LogP contribution in [0.5, 0.6) is 0 Å². The molecule has 0 bridgehead atoms. The molecule has 5 nitrogen and oxygen atoms in total. The van der Waals surface area contributed by atoms with Crippen LogP contribution in [0.15, 0.2) is 28.7 Å². The highest BCUT2D eigenvalue weighted by Crippen LogP contribution is 2.19. The van der Waals surface area contributed by atoms with Gasteiger partial charge in [-0.25, -0.2) is 0 Å². The van der Waals surface area contributed by atoms with Gasteiger partial charge in [0.1, 0.15) is 0 Å². The number of likely N-dealkylation sites (tertiary alicyclic amines) is 1. The molecule has 0 aliphatic carbocycles. The normalized spacial score (nSPS) is 14.5. The second-order valence-corrected chi connectivity index (χ2v) is 6.39. The summed E-state index contributed by atoms with van der Waals surface area (Å²) in [6.07, 6.45) is 2.24. The lowest BCUT2D eigenvalue weighted by Gasteiger charge is -2.15. The second kappa shape index (κ2) is 6.96. The van der Waals surface area contributed by atoms with E-state index >= 15 is 0 Å².